The van der Waals surface area contributed by atoms with Crippen molar-refractivity contribution in [2.75, 3.05) is 19.8 Å². The highest BCUT2D eigenvalue weighted by atomic mass is 16.5. The van der Waals surface area contributed by atoms with Crippen LogP contribution in [0.2, 0.25) is 0 Å². The molecule has 1 aliphatic rings. The second-order valence-corrected chi connectivity index (χ2v) is 4.66. The topological polar surface area (TPSA) is 118 Å². The summed E-state index contributed by atoms with van der Waals surface area (Å²) < 4.78 is 6.63. The van der Waals surface area contributed by atoms with Gasteiger partial charge in [0.05, 0.1) is 6.61 Å². The van der Waals surface area contributed by atoms with E-state index in [2.05, 4.69) is 20.7 Å². The lowest BCUT2D eigenvalue weighted by atomic mass is 9.99. The molecule has 1 aliphatic heterocycles. The molecular formula is C11H17N5O4. The Balaban J connectivity index is 1.78. The molecule has 0 bridgehead atoms. The van der Waals surface area contributed by atoms with Crippen LogP contribution in [0.3, 0.4) is 0 Å². The first-order valence-electron chi connectivity index (χ1n) is 6.23. The van der Waals surface area contributed by atoms with Gasteiger partial charge in [-0.2, -0.15) is 5.10 Å². The molecule has 1 aromatic heterocycles. The van der Waals surface area contributed by atoms with Crippen LogP contribution < -0.4 is 10.6 Å². The van der Waals surface area contributed by atoms with Gasteiger partial charge in [0.2, 0.25) is 0 Å². The predicted octanol–water partition coefficient (Wildman–Crippen LogP) is -1.10. The predicted molar refractivity (Wildman–Crippen MR) is 67.0 cm³/mol. The molecule has 0 aliphatic carbocycles. The largest absolute Gasteiger partial charge is 0.479 e. The molecule has 3 N–H and O–H groups in total. The lowest BCUT2D eigenvalue weighted by Crippen LogP contribution is -2.57. The molecule has 1 unspecified atom stereocenters. The van der Waals surface area contributed by atoms with E-state index in [0.29, 0.717) is 25.4 Å². The molecule has 0 radical (unpaired) electrons. The molecule has 1 fully saturated rings. The molecule has 9 nitrogen and oxygen atoms in total. The second-order valence-electron chi connectivity index (χ2n) is 4.66. The van der Waals surface area contributed by atoms with Gasteiger partial charge in [-0.25, -0.2) is 14.6 Å². The van der Waals surface area contributed by atoms with Crippen LogP contribution in [0.5, 0.6) is 0 Å². The summed E-state index contributed by atoms with van der Waals surface area (Å²) in [5, 5.41) is 18.3. The number of ether oxygens (including phenoxy) is 1. The SMILES string of the molecule is Cn1cnc(CCNC(=O)NC2(C(=O)O)CCOC2)n1. The zero-order valence-electron chi connectivity index (χ0n) is 11.1. The number of carbonyl (C=O) groups is 2. The molecule has 0 aromatic carbocycles. The van der Waals surface area contributed by atoms with Crippen LogP contribution in [0, 0.1) is 0 Å². The number of aryl methyl sites for hydroxylation is 1. The third kappa shape index (κ3) is 3.23. The first kappa shape index (κ1) is 14.3. The van der Waals surface area contributed by atoms with Crippen LogP contribution in [0.4, 0.5) is 4.79 Å². The minimum absolute atomic E-state index is 0.0163. The standard InChI is InChI=1S/C11H17N5O4/c1-16-7-13-8(15-16)2-4-12-10(19)14-11(9(17)18)3-5-20-6-11/h7H,2-6H2,1H3,(H,17,18)(H2,12,14,19). The Morgan fingerprint density at radius 2 is 2.40 bits per heavy atom. The number of carbonyl (C=O) groups excluding carboxylic acids is 1. The number of rotatable bonds is 5. The number of hydrogen-bond donors (Lipinski definition) is 3. The van der Waals surface area contributed by atoms with E-state index >= 15 is 0 Å². The Hall–Kier alpha value is -2.16. The molecule has 2 amide bonds. The van der Waals surface area contributed by atoms with E-state index in [9.17, 15) is 14.7 Å². The minimum atomic E-state index is -1.33. The first-order valence-corrected chi connectivity index (χ1v) is 6.23. The smallest absolute Gasteiger partial charge is 0.332 e. The van der Waals surface area contributed by atoms with Crippen LogP contribution in [0.1, 0.15) is 12.2 Å². The van der Waals surface area contributed by atoms with Gasteiger partial charge in [-0.15, -0.1) is 0 Å². The van der Waals surface area contributed by atoms with Crippen LogP contribution in [0.15, 0.2) is 6.33 Å². The zero-order chi connectivity index (χ0) is 14.6. The van der Waals surface area contributed by atoms with Gasteiger partial charge in [0.25, 0.3) is 0 Å². The van der Waals surface area contributed by atoms with E-state index in [1.165, 1.54) is 0 Å². The average Bonchev–Trinajstić information content (AvgIpc) is 2.99. The number of carboxylic acids is 1. The van der Waals surface area contributed by atoms with Gasteiger partial charge in [-0.3, -0.25) is 4.68 Å². The van der Waals surface area contributed by atoms with E-state index in [4.69, 9.17) is 4.74 Å². The lowest BCUT2D eigenvalue weighted by Gasteiger charge is -2.23. The molecule has 2 rings (SSSR count). The summed E-state index contributed by atoms with van der Waals surface area (Å²) in [6, 6.07) is -0.533. The molecule has 110 valence electrons. The van der Waals surface area contributed by atoms with Crippen molar-refractivity contribution in [2.45, 2.75) is 18.4 Å². The van der Waals surface area contributed by atoms with Crippen molar-refractivity contribution in [3.8, 4) is 0 Å². The summed E-state index contributed by atoms with van der Waals surface area (Å²) in [4.78, 5) is 27.0. The fourth-order valence-electron chi connectivity index (χ4n) is 1.93. The molecule has 1 aromatic rings. The van der Waals surface area contributed by atoms with Crippen molar-refractivity contribution in [3.63, 3.8) is 0 Å². The third-order valence-electron chi connectivity index (χ3n) is 3.07. The number of nitrogens with zero attached hydrogens (tertiary/aromatic N) is 3. The Morgan fingerprint density at radius 3 is 2.95 bits per heavy atom. The Bertz CT molecular complexity index is 495. The zero-order valence-corrected chi connectivity index (χ0v) is 11.1. The Morgan fingerprint density at radius 1 is 1.60 bits per heavy atom. The number of amides is 2. The van der Waals surface area contributed by atoms with Crippen molar-refractivity contribution < 1.29 is 19.4 Å². The third-order valence-corrected chi connectivity index (χ3v) is 3.07. The van der Waals surface area contributed by atoms with E-state index in [1.54, 1.807) is 18.1 Å². The quantitative estimate of drug-likeness (QED) is 0.631. The van der Waals surface area contributed by atoms with E-state index in [1.807, 2.05) is 0 Å². The van der Waals surface area contributed by atoms with Gasteiger partial charge in [0, 0.05) is 33.0 Å². The van der Waals surface area contributed by atoms with Gasteiger partial charge in [0.15, 0.2) is 11.4 Å². The van der Waals surface area contributed by atoms with Gasteiger partial charge in [-0.1, -0.05) is 0 Å². The highest BCUT2D eigenvalue weighted by molar-refractivity contribution is 5.86. The lowest BCUT2D eigenvalue weighted by molar-refractivity contribution is -0.144. The number of hydrogen-bond acceptors (Lipinski definition) is 5. The monoisotopic (exact) mass is 283 g/mol. The molecule has 0 spiro atoms. The maximum Gasteiger partial charge on any atom is 0.332 e. The summed E-state index contributed by atoms with van der Waals surface area (Å²) in [5.74, 6) is -0.471. The summed E-state index contributed by atoms with van der Waals surface area (Å²) in [5.41, 5.74) is -1.33. The number of urea groups is 1. The van der Waals surface area contributed by atoms with Gasteiger partial charge < -0.3 is 20.5 Å². The van der Waals surface area contributed by atoms with Crippen LogP contribution >= 0.6 is 0 Å². The number of aromatic nitrogens is 3. The van der Waals surface area contributed by atoms with E-state index in [-0.39, 0.29) is 13.0 Å². The van der Waals surface area contributed by atoms with Gasteiger partial charge in [-0.05, 0) is 0 Å². The van der Waals surface area contributed by atoms with Crippen molar-refractivity contribution >= 4 is 12.0 Å². The molecule has 2 heterocycles. The number of aliphatic carboxylic acids is 1. The van der Waals surface area contributed by atoms with Crippen molar-refractivity contribution in [1.82, 2.24) is 25.4 Å². The highest BCUT2D eigenvalue weighted by Crippen LogP contribution is 2.18. The van der Waals surface area contributed by atoms with E-state index < -0.39 is 17.5 Å². The molecular weight excluding hydrogens is 266 g/mol. The summed E-state index contributed by atoms with van der Waals surface area (Å²) in [6.07, 6.45) is 2.31. The molecule has 0 saturated carbocycles. The van der Waals surface area contributed by atoms with Gasteiger partial charge in [0.1, 0.15) is 6.33 Å². The van der Waals surface area contributed by atoms with E-state index in [0.717, 1.165) is 0 Å². The Kier molecular flexibility index (Phi) is 4.18. The van der Waals surface area contributed by atoms with Crippen LogP contribution in [-0.4, -0.2) is 57.2 Å². The normalized spacial score (nSPS) is 21.6. The maximum atomic E-state index is 11.7. The average molecular weight is 283 g/mol. The van der Waals surface area contributed by atoms with Crippen molar-refractivity contribution in [2.24, 2.45) is 7.05 Å². The first-order chi connectivity index (χ1) is 9.52. The number of carboxylic acid groups (broad SMARTS) is 1. The Labute approximate surface area is 115 Å². The molecule has 20 heavy (non-hydrogen) atoms. The van der Waals surface area contributed by atoms with Crippen LogP contribution in [-0.2, 0) is 23.0 Å². The summed E-state index contributed by atoms with van der Waals surface area (Å²) >= 11 is 0. The highest BCUT2D eigenvalue weighted by Gasteiger charge is 2.43. The van der Waals surface area contributed by atoms with Gasteiger partial charge >= 0.3 is 12.0 Å². The summed E-state index contributed by atoms with van der Waals surface area (Å²) in [6.45, 7) is 0.633. The number of nitrogens with one attached hydrogen (secondary N) is 2. The second kappa shape index (κ2) is 5.87. The fraction of sp³-hybridized carbons (Fsp3) is 0.636. The maximum absolute atomic E-state index is 11.7. The minimum Gasteiger partial charge on any atom is -0.479 e. The summed E-state index contributed by atoms with van der Waals surface area (Å²) in [7, 11) is 1.76. The van der Waals surface area contributed by atoms with Crippen molar-refractivity contribution in [1.29, 1.82) is 0 Å². The van der Waals surface area contributed by atoms with Crippen molar-refractivity contribution in [3.05, 3.63) is 12.2 Å². The fourth-order valence-corrected chi connectivity index (χ4v) is 1.93. The molecule has 1 atom stereocenters. The molecule has 9 heteroatoms. The molecule has 1 saturated heterocycles. The van der Waals surface area contributed by atoms with Crippen LogP contribution in [0.25, 0.3) is 0 Å².